The van der Waals surface area contributed by atoms with Crippen LogP contribution < -0.4 is 15.2 Å². The van der Waals surface area contributed by atoms with Gasteiger partial charge in [0.05, 0.1) is 0 Å². The van der Waals surface area contributed by atoms with E-state index in [0.29, 0.717) is 13.1 Å². The molecule has 1 saturated heterocycles. The SMILES string of the molecule is CCNS(=O)(=O)NC1CCN(CCN)CC1. The van der Waals surface area contributed by atoms with Crippen LogP contribution in [0.1, 0.15) is 19.8 Å². The number of nitrogens with two attached hydrogens (primary N) is 1. The molecule has 0 aromatic heterocycles. The molecule has 0 aromatic rings. The zero-order valence-electron chi connectivity index (χ0n) is 9.78. The molecule has 0 saturated carbocycles. The molecule has 0 bridgehead atoms. The van der Waals surface area contributed by atoms with Crippen LogP contribution in [-0.2, 0) is 10.2 Å². The van der Waals surface area contributed by atoms with Crippen LogP contribution in [0.4, 0.5) is 0 Å². The predicted molar refractivity (Wildman–Crippen MR) is 64.2 cm³/mol. The summed E-state index contributed by atoms with van der Waals surface area (Å²) in [5, 5.41) is 0. The van der Waals surface area contributed by atoms with E-state index in [1.165, 1.54) is 0 Å². The van der Waals surface area contributed by atoms with Gasteiger partial charge < -0.3 is 10.6 Å². The lowest BCUT2D eigenvalue weighted by atomic mass is 10.1. The number of piperidine rings is 1. The first kappa shape index (κ1) is 13.9. The van der Waals surface area contributed by atoms with Crippen molar-refractivity contribution in [1.82, 2.24) is 14.3 Å². The normalized spacial score (nSPS) is 20.1. The van der Waals surface area contributed by atoms with E-state index in [4.69, 9.17) is 5.73 Å². The maximum Gasteiger partial charge on any atom is 0.277 e. The molecule has 4 N–H and O–H groups in total. The number of rotatable bonds is 6. The minimum atomic E-state index is -3.30. The number of nitrogens with zero attached hydrogens (tertiary/aromatic N) is 1. The Morgan fingerprint density at radius 1 is 1.38 bits per heavy atom. The third-order valence-electron chi connectivity index (χ3n) is 2.69. The van der Waals surface area contributed by atoms with Crippen molar-refractivity contribution in [1.29, 1.82) is 0 Å². The van der Waals surface area contributed by atoms with Crippen LogP contribution in [0.25, 0.3) is 0 Å². The maximum absolute atomic E-state index is 11.5. The molecule has 7 heteroatoms. The van der Waals surface area contributed by atoms with E-state index < -0.39 is 10.2 Å². The highest BCUT2D eigenvalue weighted by Gasteiger charge is 2.22. The lowest BCUT2D eigenvalue weighted by molar-refractivity contribution is 0.212. The van der Waals surface area contributed by atoms with Crippen molar-refractivity contribution in [3.05, 3.63) is 0 Å². The van der Waals surface area contributed by atoms with E-state index in [-0.39, 0.29) is 6.04 Å². The Kier molecular flexibility index (Phi) is 5.63. The summed E-state index contributed by atoms with van der Waals surface area (Å²) in [6.07, 6.45) is 1.70. The monoisotopic (exact) mass is 250 g/mol. The first-order valence-corrected chi connectivity index (χ1v) is 7.25. The van der Waals surface area contributed by atoms with Crippen molar-refractivity contribution in [3.8, 4) is 0 Å². The van der Waals surface area contributed by atoms with Crippen LogP contribution in [0, 0.1) is 0 Å². The zero-order chi connectivity index (χ0) is 12.0. The summed E-state index contributed by atoms with van der Waals surface area (Å²) in [5.74, 6) is 0. The molecule has 1 aliphatic heterocycles. The average Bonchev–Trinajstić information content (AvgIpc) is 2.21. The van der Waals surface area contributed by atoms with Gasteiger partial charge in [-0.05, 0) is 25.9 Å². The van der Waals surface area contributed by atoms with E-state index in [2.05, 4.69) is 14.3 Å². The van der Waals surface area contributed by atoms with Crippen LogP contribution in [0.2, 0.25) is 0 Å². The Hall–Kier alpha value is -0.210. The van der Waals surface area contributed by atoms with Gasteiger partial charge in [0, 0.05) is 25.7 Å². The van der Waals surface area contributed by atoms with Crippen LogP contribution in [0.5, 0.6) is 0 Å². The first-order valence-electron chi connectivity index (χ1n) is 5.76. The Balaban J connectivity index is 2.32. The molecule has 0 unspecified atom stereocenters. The molecule has 1 heterocycles. The summed E-state index contributed by atoms with van der Waals surface area (Å²) in [6.45, 7) is 5.57. The van der Waals surface area contributed by atoms with Gasteiger partial charge in [0.1, 0.15) is 0 Å². The van der Waals surface area contributed by atoms with Gasteiger partial charge in [-0.15, -0.1) is 0 Å². The van der Waals surface area contributed by atoms with E-state index in [9.17, 15) is 8.42 Å². The number of nitrogens with one attached hydrogen (secondary N) is 2. The highest BCUT2D eigenvalue weighted by atomic mass is 32.2. The minimum Gasteiger partial charge on any atom is -0.329 e. The van der Waals surface area contributed by atoms with Crippen molar-refractivity contribution >= 4 is 10.2 Å². The number of hydrogen-bond donors (Lipinski definition) is 3. The van der Waals surface area contributed by atoms with E-state index in [1.807, 2.05) is 0 Å². The third kappa shape index (κ3) is 4.75. The summed E-state index contributed by atoms with van der Waals surface area (Å²) in [6, 6.07) is 0.0538. The topological polar surface area (TPSA) is 87.5 Å². The van der Waals surface area contributed by atoms with Crippen molar-refractivity contribution in [2.24, 2.45) is 5.73 Å². The van der Waals surface area contributed by atoms with Crippen LogP contribution in [0.15, 0.2) is 0 Å². The molecule has 6 nitrogen and oxygen atoms in total. The van der Waals surface area contributed by atoms with Crippen molar-refractivity contribution < 1.29 is 8.42 Å². The Labute approximate surface area is 97.7 Å². The molecule has 1 aliphatic rings. The lowest BCUT2D eigenvalue weighted by Crippen LogP contribution is -2.48. The van der Waals surface area contributed by atoms with Gasteiger partial charge in [0.25, 0.3) is 10.2 Å². The molecule has 0 radical (unpaired) electrons. The third-order valence-corrected chi connectivity index (χ3v) is 4.00. The fourth-order valence-corrected chi connectivity index (χ4v) is 3.05. The van der Waals surface area contributed by atoms with Crippen LogP contribution in [-0.4, -0.2) is 52.1 Å². The van der Waals surface area contributed by atoms with Gasteiger partial charge in [-0.2, -0.15) is 13.1 Å². The quantitative estimate of drug-likeness (QED) is 0.556. The highest BCUT2D eigenvalue weighted by molar-refractivity contribution is 7.87. The molecule has 1 rings (SSSR count). The summed E-state index contributed by atoms with van der Waals surface area (Å²) in [5.41, 5.74) is 5.47. The van der Waals surface area contributed by atoms with Gasteiger partial charge in [-0.1, -0.05) is 6.92 Å². The zero-order valence-corrected chi connectivity index (χ0v) is 10.6. The Morgan fingerprint density at radius 2 is 2.00 bits per heavy atom. The molecule has 1 fully saturated rings. The Bertz CT molecular complexity index is 286. The summed E-state index contributed by atoms with van der Waals surface area (Å²) in [4.78, 5) is 2.26. The molecule has 96 valence electrons. The summed E-state index contributed by atoms with van der Waals surface area (Å²) < 4.78 is 28.0. The van der Waals surface area contributed by atoms with E-state index in [0.717, 1.165) is 32.5 Å². The van der Waals surface area contributed by atoms with Crippen molar-refractivity contribution in [2.45, 2.75) is 25.8 Å². The molecule has 0 aromatic carbocycles. The van der Waals surface area contributed by atoms with Crippen LogP contribution in [0.3, 0.4) is 0 Å². The Morgan fingerprint density at radius 3 is 2.50 bits per heavy atom. The summed E-state index contributed by atoms with van der Waals surface area (Å²) in [7, 11) is -3.30. The fourth-order valence-electron chi connectivity index (χ4n) is 1.91. The average molecular weight is 250 g/mol. The number of hydrogen-bond acceptors (Lipinski definition) is 4. The summed E-state index contributed by atoms with van der Waals surface area (Å²) >= 11 is 0. The van der Waals surface area contributed by atoms with Gasteiger partial charge in [0.2, 0.25) is 0 Å². The molecular formula is C9H22N4O2S. The standard InChI is InChI=1S/C9H22N4O2S/c1-2-11-16(14,15)12-9-3-6-13(7-4-9)8-5-10/h9,11-12H,2-8,10H2,1H3. The molecular weight excluding hydrogens is 228 g/mol. The predicted octanol–water partition coefficient (Wildman–Crippen LogP) is -1.15. The van der Waals surface area contributed by atoms with Gasteiger partial charge in [0.15, 0.2) is 0 Å². The highest BCUT2D eigenvalue weighted by Crippen LogP contribution is 2.10. The van der Waals surface area contributed by atoms with Crippen molar-refractivity contribution in [2.75, 3.05) is 32.7 Å². The lowest BCUT2D eigenvalue weighted by Gasteiger charge is -2.31. The smallest absolute Gasteiger partial charge is 0.277 e. The van der Waals surface area contributed by atoms with Gasteiger partial charge in [-0.25, -0.2) is 4.72 Å². The fraction of sp³-hybridized carbons (Fsp3) is 1.00. The second kappa shape index (κ2) is 6.51. The molecule has 16 heavy (non-hydrogen) atoms. The first-order chi connectivity index (χ1) is 7.57. The van der Waals surface area contributed by atoms with Crippen LogP contribution >= 0.6 is 0 Å². The second-order valence-corrected chi connectivity index (χ2v) is 5.56. The molecule has 0 spiro atoms. The van der Waals surface area contributed by atoms with Gasteiger partial charge >= 0.3 is 0 Å². The van der Waals surface area contributed by atoms with Gasteiger partial charge in [-0.3, -0.25) is 0 Å². The van der Waals surface area contributed by atoms with E-state index >= 15 is 0 Å². The largest absolute Gasteiger partial charge is 0.329 e. The van der Waals surface area contributed by atoms with E-state index in [1.54, 1.807) is 6.92 Å². The van der Waals surface area contributed by atoms with Crippen molar-refractivity contribution in [3.63, 3.8) is 0 Å². The minimum absolute atomic E-state index is 0.0538. The molecule has 0 amide bonds. The molecule has 0 atom stereocenters. The number of likely N-dealkylation sites (tertiary alicyclic amines) is 1. The molecule has 0 aliphatic carbocycles. The second-order valence-electron chi connectivity index (χ2n) is 4.02. The maximum atomic E-state index is 11.5.